The molecule has 0 fully saturated rings. The summed E-state index contributed by atoms with van der Waals surface area (Å²) in [6, 6.07) is 5.83. The summed E-state index contributed by atoms with van der Waals surface area (Å²) in [5.41, 5.74) is 2.34. The molecule has 0 spiro atoms. The highest BCUT2D eigenvalue weighted by Gasteiger charge is 2.22. The SMILES string of the molecule is Cc1cc(C)cc(C(NC(=O)CSCC(=O)Nc2cc(C)on2)C(=O)O)c1. The number of nitrogens with one attached hydrogen (secondary N) is 2. The average molecular weight is 391 g/mol. The third kappa shape index (κ3) is 6.45. The van der Waals surface area contributed by atoms with Gasteiger partial charge in [0.2, 0.25) is 11.8 Å². The van der Waals surface area contributed by atoms with Crippen molar-refractivity contribution in [3.8, 4) is 0 Å². The molecule has 0 bridgehead atoms. The van der Waals surface area contributed by atoms with Crippen molar-refractivity contribution in [3.63, 3.8) is 0 Å². The number of carboxylic acid groups (broad SMARTS) is 1. The van der Waals surface area contributed by atoms with Gasteiger partial charge in [-0.3, -0.25) is 9.59 Å². The quantitative estimate of drug-likeness (QED) is 0.631. The van der Waals surface area contributed by atoms with E-state index in [1.807, 2.05) is 19.9 Å². The second-order valence-electron chi connectivity index (χ2n) is 6.12. The number of aliphatic carboxylic acids is 1. The fraction of sp³-hybridized carbons (Fsp3) is 0.333. The molecule has 2 amide bonds. The molecule has 27 heavy (non-hydrogen) atoms. The van der Waals surface area contributed by atoms with Gasteiger partial charge in [-0.1, -0.05) is 34.5 Å². The molecule has 0 saturated carbocycles. The van der Waals surface area contributed by atoms with E-state index in [0.717, 1.165) is 22.9 Å². The zero-order valence-electron chi connectivity index (χ0n) is 15.2. The number of benzene rings is 1. The van der Waals surface area contributed by atoms with E-state index in [4.69, 9.17) is 4.52 Å². The Balaban J connectivity index is 1.85. The maximum atomic E-state index is 12.1. The summed E-state index contributed by atoms with van der Waals surface area (Å²) >= 11 is 1.08. The van der Waals surface area contributed by atoms with Gasteiger partial charge in [0, 0.05) is 6.07 Å². The maximum absolute atomic E-state index is 12.1. The Kier molecular flexibility index (Phi) is 7.00. The minimum absolute atomic E-state index is 0.0284. The number of nitrogens with zero attached hydrogens (tertiary/aromatic N) is 1. The van der Waals surface area contributed by atoms with Crippen LogP contribution in [0.2, 0.25) is 0 Å². The van der Waals surface area contributed by atoms with Gasteiger partial charge in [0.05, 0.1) is 11.5 Å². The van der Waals surface area contributed by atoms with E-state index in [0.29, 0.717) is 17.1 Å². The molecule has 1 aromatic heterocycles. The third-order valence-electron chi connectivity index (χ3n) is 3.49. The van der Waals surface area contributed by atoms with Crippen LogP contribution in [0.1, 0.15) is 28.5 Å². The van der Waals surface area contributed by atoms with Crippen molar-refractivity contribution in [1.29, 1.82) is 0 Å². The van der Waals surface area contributed by atoms with E-state index < -0.39 is 17.9 Å². The molecular weight excluding hydrogens is 370 g/mol. The van der Waals surface area contributed by atoms with Gasteiger partial charge in [0.1, 0.15) is 5.76 Å². The van der Waals surface area contributed by atoms with Gasteiger partial charge in [0.25, 0.3) is 0 Å². The van der Waals surface area contributed by atoms with Crippen LogP contribution in [0.5, 0.6) is 0 Å². The van der Waals surface area contributed by atoms with Gasteiger partial charge < -0.3 is 20.3 Å². The molecule has 1 unspecified atom stereocenters. The number of aryl methyl sites for hydroxylation is 3. The van der Waals surface area contributed by atoms with Crippen LogP contribution in [0.3, 0.4) is 0 Å². The summed E-state index contributed by atoms with van der Waals surface area (Å²) in [6.45, 7) is 5.43. The highest BCUT2D eigenvalue weighted by Crippen LogP contribution is 2.18. The maximum Gasteiger partial charge on any atom is 0.330 e. The van der Waals surface area contributed by atoms with Crippen LogP contribution in [0, 0.1) is 20.8 Å². The molecule has 3 N–H and O–H groups in total. The molecule has 2 rings (SSSR count). The molecule has 1 atom stereocenters. The normalized spacial score (nSPS) is 11.7. The molecule has 0 aliphatic carbocycles. The van der Waals surface area contributed by atoms with Crippen molar-refractivity contribution in [3.05, 3.63) is 46.7 Å². The summed E-state index contributed by atoms with van der Waals surface area (Å²) in [5, 5.41) is 18.1. The molecule has 1 aromatic carbocycles. The Morgan fingerprint density at radius 2 is 1.70 bits per heavy atom. The summed E-state index contributed by atoms with van der Waals surface area (Å²) < 4.78 is 4.84. The van der Waals surface area contributed by atoms with Gasteiger partial charge in [-0.05, 0) is 26.3 Å². The van der Waals surface area contributed by atoms with Gasteiger partial charge in [-0.25, -0.2) is 4.79 Å². The van der Waals surface area contributed by atoms with Crippen molar-refractivity contribution < 1.29 is 24.0 Å². The lowest BCUT2D eigenvalue weighted by atomic mass is 10.0. The molecule has 1 heterocycles. The molecule has 0 aliphatic rings. The van der Waals surface area contributed by atoms with Crippen molar-refractivity contribution >= 4 is 35.4 Å². The summed E-state index contributed by atoms with van der Waals surface area (Å²) in [6.07, 6.45) is 0. The number of hydrogen-bond donors (Lipinski definition) is 3. The fourth-order valence-electron chi connectivity index (χ4n) is 2.51. The van der Waals surface area contributed by atoms with Crippen LogP contribution >= 0.6 is 11.8 Å². The van der Waals surface area contributed by atoms with E-state index in [2.05, 4.69) is 15.8 Å². The number of carbonyl (C=O) groups excluding carboxylic acids is 2. The number of aromatic nitrogens is 1. The van der Waals surface area contributed by atoms with E-state index in [-0.39, 0.29) is 17.4 Å². The van der Waals surface area contributed by atoms with Crippen LogP contribution in [0.4, 0.5) is 5.82 Å². The van der Waals surface area contributed by atoms with E-state index in [9.17, 15) is 19.5 Å². The smallest absolute Gasteiger partial charge is 0.330 e. The summed E-state index contributed by atoms with van der Waals surface area (Å²) in [4.78, 5) is 35.4. The van der Waals surface area contributed by atoms with Gasteiger partial charge in [-0.2, -0.15) is 0 Å². The predicted octanol–water partition coefficient (Wildman–Crippen LogP) is 2.21. The van der Waals surface area contributed by atoms with E-state index in [1.54, 1.807) is 25.1 Å². The zero-order valence-corrected chi connectivity index (χ0v) is 16.1. The van der Waals surface area contributed by atoms with Crippen LogP contribution in [0.25, 0.3) is 0 Å². The van der Waals surface area contributed by atoms with Gasteiger partial charge in [-0.15, -0.1) is 11.8 Å². The highest BCUT2D eigenvalue weighted by molar-refractivity contribution is 8.00. The van der Waals surface area contributed by atoms with Crippen molar-refractivity contribution in [2.24, 2.45) is 0 Å². The van der Waals surface area contributed by atoms with Crippen LogP contribution in [-0.4, -0.2) is 39.6 Å². The average Bonchev–Trinajstić information content (AvgIpc) is 2.96. The number of anilines is 1. The molecular formula is C18H21N3O5S. The first-order chi connectivity index (χ1) is 12.7. The highest BCUT2D eigenvalue weighted by atomic mass is 32.2. The second-order valence-corrected chi connectivity index (χ2v) is 7.11. The van der Waals surface area contributed by atoms with Crippen LogP contribution in [-0.2, 0) is 14.4 Å². The van der Waals surface area contributed by atoms with Crippen molar-refractivity contribution in [2.45, 2.75) is 26.8 Å². The largest absolute Gasteiger partial charge is 0.479 e. The van der Waals surface area contributed by atoms with E-state index >= 15 is 0 Å². The zero-order chi connectivity index (χ0) is 20.0. The number of rotatable bonds is 8. The Bertz CT molecular complexity index is 829. The second kappa shape index (κ2) is 9.22. The number of amides is 2. The first-order valence-corrected chi connectivity index (χ1v) is 9.31. The lowest BCUT2D eigenvalue weighted by Crippen LogP contribution is -2.35. The Morgan fingerprint density at radius 1 is 1.07 bits per heavy atom. The lowest BCUT2D eigenvalue weighted by molar-refractivity contribution is -0.141. The molecule has 0 saturated heterocycles. The first-order valence-electron chi connectivity index (χ1n) is 8.16. The molecule has 2 aromatic rings. The monoisotopic (exact) mass is 391 g/mol. The Morgan fingerprint density at radius 3 is 2.26 bits per heavy atom. The number of hydrogen-bond acceptors (Lipinski definition) is 6. The topological polar surface area (TPSA) is 122 Å². The summed E-state index contributed by atoms with van der Waals surface area (Å²) in [5.74, 6) is -1.06. The first kappa shape index (κ1) is 20.5. The summed E-state index contributed by atoms with van der Waals surface area (Å²) in [7, 11) is 0. The minimum Gasteiger partial charge on any atom is -0.479 e. The molecule has 144 valence electrons. The molecule has 0 radical (unpaired) electrons. The molecule has 0 aliphatic heterocycles. The third-order valence-corrected chi connectivity index (χ3v) is 4.42. The van der Waals surface area contributed by atoms with Crippen LogP contribution in [0.15, 0.2) is 28.8 Å². The molecule has 9 heteroatoms. The molecule has 8 nitrogen and oxygen atoms in total. The Hall–Kier alpha value is -2.81. The fourth-order valence-corrected chi connectivity index (χ4v) is 3.14. The standard InChI is InChI=1S/C18H21N3O5S/c1-10-4-11(2)6-13(5-10)17(18(24)25)20-16(23)9-27-8-15(22)19-14-7-12(3)26-21-14/h4-7,17H,8-9H2,1-3H3,(H,20,23)(H,24,25)(H,19,21,22). The predicted molar refractivity (Wildman–Crippen MR) is 102 cm³/mol. The van der Waals surface area contributed by atoms with Crippen molar-refractivity contribution in [1.82, 2.24) is 10.5 Å². The van der Waals surface area contributed by atoms with Crippen LogP contribution < -0.4 is 10.6 Å². The number of thioether (sulfide) groups is 1. The number of carboxylic acids is 1. The van der Waals surface area contributed by atoms with E-state index in [1.165, 1.54) is 0 Å². The Labute approximate surface area is 160 Å². The minimum atomic E-state index is -1.14. The lowest BCUT2D eigenvalue weighted by Gasteiger charge is -2.16. The number of carbonyl (C=O) groups is 3. The van der Waals surface area contributed by atoms with Gasteiger partial charge in [0.15, 0.2) is 11.9 Å². The van der Waals surface area contributed by atoms with Gasteiger partial charge >= 0.3 is 5.97 Å². The van der Waals surface area contributed by atoms with Crippen molar-refractivity contribution in [2.75, 3.05) is 16.8 Å².